The van der Waals surface area contributed by atoms with E-state index in [4.69, 9.17) is 9.47 Å². The molecule has 2 aliphatic carbocycles. The number of morpholine rings is 1. The molecule has 3 fully saturated rings. The Morgan fingerprint density at radius 3 is 2.62 bits per heavy atom. The molecule has 3 nitrogen and oxygen atoms in total. The zero-order valence-electron chi connectivity index (χ0n) is 10.3. The van der Waals surface area contributed by atoms with E-state index in [1.54, 1.807) is 0 Å². The summed E-state index contributed by atoms with van der Waals surface area (Å²) in [6, 6.07) is 0. The molecule has 1 saturated heterocycles. The molecule has 92 valence electrons. The van der Waals surface area contributed by atoms with E-state index < -0.39 is 0 Å². The number of rotatable bonds is 4. The molecule has 3 rings (SSSR count). The average Bonchev–Trinajstić information content (AvgIpc) is 2.97. The number of nitrogens with zero attached hydrogens (tertiary/aromatic N) is 1. The van der Waals surface area contributed by atoms with Crippen molar-refractivity contribution in [1.29, 1.82) is 0 Å². The van der Waals surface area contributed by atoms with E-state index in [2.05, 4.69) is 4.90 Å². The van der Waals surface area contributed by atoms with E-state index in [-0.39, 0.29) is 0 Å². The van der Waals surface area contributed by atoms with Crippen molar-refractivity contribution >= 4 is 0 Å². The van der Waals surface area contributed by atoms with Crippen molar-refractivity contribution in [3.63, 3.8) is 0 Å². The largest absolute Gasteiger partial charge is 0.384 e. The smallest absolute Gasteiger partial charge is 0.0651 e. The van der Waals surface area contributed by atoms with Crippen LogP contribution in [0.25, 0.3) is 0 Å². The second kappa shape index (κ2) is 3.97. The highest BCUT2D eigenvalue weighted by atomic mass is 16.5. The molecule has 0 aromatic rings. The Balaban J connectivity index is 1.64. The predicted octanol–water partition coefficient (Wildman–Crippen LogP) is 1.67. The van der Waals surface area contributed by atoms with Crippen molar-refractivity contribution in [2.45, 2.75) is 37.6 Å². The Morgan fingerprint density at radius 2 is 2.06 bits per heavy atom. The highest BCUT2D eigenvalue weighted by Crippen LogP contribution is 2.49. The van der Waals surface area contributed by atoms with Gasteiger partial charge in [-0.25, -0.2) is 0 Å². The molecule has 3 heteroatoms. The Hall–Kier alpha value is -0.120. The first kappa shape index (κ1) is 11.0. The molecule has 0 amide bonds. The summed E-state index contributed by atoms with van der Waals surface area (Å²) in [7, 11) is 1.83. The van der Waals surface area contributed by atoms with Crippen molar-refractivity contribution < 1.29 is 9.47 Å². The van der Waals surface area contributed by atoms with Gasteiger partial charge in [0.1, 0.15) is 0 Å². The standard InChI is InChI=1S/C13H23NO2/c1-15-10-12(5-6-12)9-14-7-8-16-11-13(14)3-2-4-13/h2-11H2,1H3. The number of hydrogen-bond acceptors (Lipinski definition) is 3. The minimum atomic E-state index is 0.418. The summed E-state index contributed by atoms with van der Waals surface area (Å²) >= 11 is 0. The highest BCUT2D eigenvalue weighted by molar-refractivity contribution is 5.04. The monoisotopic (exact) mass is 225 g/mol. The van der Waals surface area contributed by atoms with E-state index in [9.17, 15) is 0 Å². The van der Waals surface area contributed by atoms with E-state index in [1.165, 1.54) is 38.6 Å². The van der Waals surface area contributed by atoms with Crippen LogP contribution in [0.15, 0.2) is 0 Å². The van der Waals surface area contributed by atoms with E-state index >= 15 is 0 Å². The van der Waals surface area contributed by atoms with Gasteiger partial charge in [-0.3, -0.25) is 4.90 Å². The first-order chi connectivity index (χ1) is 7.79. The molecule has 3 aliphatic rings. The minimum Gasteiger partial charge on any atom is -0.384 e. The van der Waals surface area contributed by atoms with Crippen molar-refractivity contribution in [3.8, 4) is 0 Å². The van der Waals surface area contributed by atoms with Gasteiger partial charge in [-0.15, -0.1) is 0 Å². The summed E-state index contributed by atoms with van der Waals surface area (Å²) in [5, 5.41) is 0. The zero-order chi connectivity index (χ0) is 11.1. The van der Waals surface area contributed by atoms with Gasteiger partial charge in [-0.2, -0.15) is 0 Å². The van der Waals surface area contributed by atoms with E-state index in [0.29, 0.717) is 11.0 Å². The van der Waals surface area contributed by atoms with Crippen LogP contribution in [0.4, 0.5) is 0 Å². The van der Waals surface area contributed by atoms with E-state index in [1.807, 2.05) is 7.11 Å². The van der Waals surface area contributed by atoms with Crippen LogP contribution in [0, 0.1) is 5.41 Å². The summed E-state index contributed by atoms with van der Waals surface area (Å²) in [5.41, 5.74) is 0.913. The molecular formula is C13H23NO2. The second-order valence-corrected chi connectivity index (χ2v) is 5.99. The Bertz CT molecular complexity index is 259. The number of hydrogen-bond donors (Lipinski definition) is 0. The fourth-order valence-electron chi connectivity index (χ4n) is 3.29. The van der Waals surface area contributed by atoms with Gasteiger partial charge in [0.2, 0.25) is 0 Å². The van der Waals surface area contributed by atoms with Crippen molar-refractivity contribution in [3.05, 3.63) is 0 Å². The highest BCUT2D eigenvalue weighted by Gasteiger charge is 2.51. The Kier molecular flexibility index (Phi) is 2.73. The second-order valence-electron chi connectivity index (χ2n) is 5.99. The van der Waals surface area contributed by atoms with Gasteiger partial charge in [-0.1, -0.05) is 0 Å². The molecule has 0 N–H and O–H groups in total. The van der Waals surface area contributed by atoms with Crippen LogP contribution in [0.3, 0.4) is 0 Å². The minimum absolute atomic E-state index is 0.418. The lowest BCUT2D eigenvalue weighted by molar-refractivity contribution is -0.116. The van der Waals surface area contributed by atoms with Crippen LogP contribution in [0.5, 0.6) is 0 Å². The molecule has 0 aromatic carbocycles. The maximum absolute atomic E-state index is 5.68. The van der Waals surface area contributed by atoms with Crippen LogP contribution in [-0.4, -0.2) is 50.5 Å². The summed E-state index contributed by atoms with van der Waals surface area (Å²) in [6.07, 6.45) is 6.78. The third kappa shape index (κ3) is 1.79. The lowest BCUT2D eigenvalue weighted by Gasteiger charge is -2.53. The normalized spacial score (nSPS) is 31.3. The van der Waals surface area contributed by atoms with Gasteiger partial charge in [-0.05, 0) is 32.1 Å². The quantitative estimate of drug-likeness (QED) is 0.726. The Labute approximate surface area is 98.1 Å². The van der Waals surface area contributed by atoms with Gasteiger partial charge in [0, 0.05) is 31.2 Å². The van der Waals surface area contributed by atoms with Gasteiger partial charge in [0.25, 0.3) is 0 Å². The molecule has 0 aromatic heterocycles. The van der Waals surface area contributed by atoms with Gasteiger partial charge >= 0.3 is 0 Å². The SMILES string of the molecule is COCC1(CN2CCOCC23CCC3)CC1. The van der Waals surface area contributed by atoms with Crippen molar-refractivity contribution in [1.82, 2.24) is 4.90 Å². The average molecular weight is 225 g/mol. The molecule has 0 bridgehead atoms. The maximum atomic E-state index is 5.68. The summed E-state index contributed by atoms with van der Waals surface area (Å²) < 4.78 is 11.1. The molecular weight excluding hydrogens is 202 g/mol. The summed E-state index contributed by atoms with van der Waals surface area (Å²) in [5.74, 6) is 0. The fraction of sp³-hybridized carbons (Fsp3) is 1.00. The third-order valence-electron chi connectivity index (χ3n) is 4.77. The first-order valence-electron chi connectivity index (χ1n) is 6.61. The van der Waals surface area contributed by atoms with Crippen molar-refractivity contribution in [2.24, 2.45) is 5.41 Å². The molecule has 0 atom stereocenters. The van der Waals surface area contributed by atoms with Gasteiger partial charge in [0.05, 0.1) is 19.8 Å². The predicted molar refractivity (Wildman–Crippen MR) is 62.5 cm³/mol. The topological polar surface area (TPSA) is 21.7 Å². The lowest BCUT2D eigenvalue weighted by Crippen LogP contribution is -2.62. The maximum Gasteiger partial charge on any atom is 0.0651 e. The molecule has 16 heavy (non-hydrogen) atoms. The lowest BCUT2D eigenvalue weighted by atomic mass is 9.74. The van der Waals surface area contributed by atoms with Crippen LogP contribution in [0.2, 0.25) is 0 Å². The van der Waals surface area contributed by atoms with Crippen LogP contribution >= 0.6 is 0 Å². The summed E-state index contributed by atoms with van der Waals surface area (Å²) in [6.45, 7) is 5.21. The van der Waals surface area contributed by atoms with Gasteiger partial charge in [0.15, 0.2) is 0 Å². The van der Waals surface area contributed by atoms with E-state index in [0.717, 1.165) is 26.4 Å². The van der Waals surface area contributed by atoms with Crippen LogP contribution in [0.1, 0.15) is 32.1 Å². The molecule has 1 heterocycles. The Morgan fingerprint density at radius 1 is 1.25 bits per heavy atom. The first-order valence-corrected chi connectivity index (χ1v) is 6.61. The summed E-state index contributed by atoms with van der Waals surface area (Å²) in [4.78, 5) is 2.71. The molecule has 0 unspecified atom stereocenters. The molecule has 1 spiro atoms. The van der Waals surface area contributed by atoms with Gasteiger partial charge < -0.3 is 9.47 Å². The van der Waals surface area contributed by atoms with Crippen LogP contribution in [-0.2, 0) is 9.47 Å². The molecule has 0 radical (unpaired) electrons. The number of ether oxygens (including phenoxy) is 2. The van der Waals surface area contributed by atoms with Crippen molar-refractivity contribution in [2.75, 3.05) is 40.0 Å². The molecule has 2 saturated carbocycles. The fourth-order valence-corrected chi connectivity index (χ4v) is 3.29. The zero-order valence-corrected chi connectivity index (χ0v) is 10.3. The van der Waals surface area contributed by atoms with Crippen LogP contribution < -0.4 is 0 Å². The third-order valence-corrected chi connectivity index (χ3v) is 4.77. The molecule has 1 aliphatic heterocycles. The number of methoxy groups -OCH3 is 1.